The lowest BCUT2D eigenvalue weighted by molar-refractivity contribution is 0.146. The van der Waals surface area contributed by atoms with Crippen molar-refractivity contribution in [3.63, 3.8) is 0 Å². The summed E-state index contributed by atoms with van der Waals surface area (Å²) in [4.78, 5) is 6.35. The Balaban J connectivity index is 2.43. The highest BCUT2D eigenvalue weighted by atomic mass is 16.5. The van der Waals surface area contributed by atoms with Gasteiger partial charge in [0.2, 0.25) is 0 Å². The van der Waals surface area contributed by atoms with Crippen LogP contribution in [-0.4, -0.2) is 43.2 Å². The molecule has 1 heterocycles. The number of pyridine rings is 1. The zero-order valence-corrected chi connectivity index (χ0v) is 9.22. The van der Waals surface area contributed by atoms with Crippen LogP contribution in [0.5, 0.6) is 0 Å². The number of ether oxygens (including phenoxy) is 1. The average molecular weight is 209 g/mol. The molecule has 0 aromatic carbocycles. The summed E-state index contributed by atoms with van der Waals surface area (Å²) in [6.07, 6.45) is 3.67. The summed E-state index contributed by atoms with van der Waals surface area (Å²) in [6, 6.07) is 4.02. The van der Waals surface area contributed by atoms with Crippen molar-refractivity contribution in [3.05, 3.63) is 30.1 Å². The number of hydrogen-bond acceptors (Lipinski definition) is 4. The van der Waals surface area contributed by atoms with E-state index in [4.69, 9.17) is 10.5 Å². The molecule has 0 aliphatic heterocycles. The molecule has 1 aromatic rings. The first-order valence-corrected chi connectivity index (χ1v) is 5.17. The maximum absolute atomic E-state index is 5.56. The first-order chi connectivity index (χ1) is 7.36. The Morgan fingerprint density at radius 2 is 2.33 bits per heavy atom. The van der Waals surface area contributed by atoms with Gasteiger partial charge in [0.1, 0.15) is 0 Å². The minimum atomic E-state index is 0.671. The van der Waals surface area contributed by atoms with E-state index in [0.29, 0.717) is 6.54 Å². The minimum absolute atomic E-state index is 0.671. The number of nitrogens with two attached hydrogens (primary N) is 1. The van der Waals surface area contributed by atoms with E-state index in [-0.39, 0.29) is 0 Å². The normalized spacial score (nSPS) is 10.9. The molecule has 0 fully saturated rings. The molecule has 1 rings (SSSR count). The van der Waals surface area contributed by atoms with Crippen molar-refractivity contribution < 1.29 is 4.74 Å². The van der Waals surface area contributed by atoms with Gasteiger partial charge in [0.25, 0.3) is 0 Å². The van der Waals surface area contributed by atoms with Crippen molar-refractivity contribution in [2.45, 2.75) is 6.54 Å². The molecule has 0 saturated carbocycles. The molecule has 0 aliphatic rings. The lowest BCUT2D eigenvalue weighted by Gasteiger charge is -2.20. The fourth-order valence-corrected chi connectivity index (χ4v) is 1.42. The Labute approximate surface area is 91.1 Å². The summed E-state index contributed by atoms with van der Waals surface area (Å²) in [5.41, 5.74) is 6.77. The van der Waals surface area contributed by atoms with E-state index < -0.39 is 0 Å². The summed E-state index contributed by atoms with van der Waals surface area (Å²) in [5, 5.41) is 0. The van der Waals surface area contributed by atoms with Gasteiger partial charge in [-0.15, -0.1) is 0 Å². The summed E-state index contributed by atoms with van der Waals surface area (Å²) >= 11 is 0. The second-order valence-electron chi connectivity index (χ2n) is 3.42. The molecule has 1 aromatic heterocycles. The van der Waals surface area contributed by atoms with E-state index in [9.17, 15) is 0 Å². The van der Waals surface area contributed by atoms with E-state index in [1.54, 1.807) is 13.3 Å². The summed E-state index contributed by atoms with van der Waals surface area (Å²) in [6.45, 7) is 4.08. The van der Waals surface area contributed by atoms with Crippen molar-refractivity contribution in [3.8, 4) is 0 Å². The monoisotopic (exact) mass is 209 g/mol. The number of hydrogen-bond donors (Lipinski definition) is 1. The van der Waals surface area contributed by atoms with E-state index in [0.717, 1.165) is 26.2 Å². The number of rotatable bonds is 7. The predicted octanol–water partition coefficient (Wildman–Crippen LogP) is 0.489. The van der Waals surface area contributed by atoms with Gasteiger partial charge in [-0.1, -0.05) is 6.07 Å². The van der Waals surface area contributed by atoms with Gasteiger partial charge >= 0.3 is 0 Å². The van der Waals surface area contributed by atoms with Crippen LogP contribution in [0, 0.1) is 0 Å². The van der Waals surface area contributed by atoms with Gasteiger partial charge in [-0.25, -0.2) is 0 Å². The number of methoxy groups -OCH3 is 1. The van der Waals surface area contributed by atoms with Crippen LogP contribution in [0.3, 0.4) is 0 Å². The SMILES string of the molecule is COCCN(CCN)Cc1cccnc1. The molecule has 0 radical (unpaired) electrons. The van der Waals surface area contributed by atoms with E-state index in [2.05, 4.69) is 16.0 Å². The van der Waals surface area contributed by atoms with Crippen molar-refractivity contribution in [2.75, 3.05) is 33.4 Å². The van der Waals surface area contributed by atoms with Crippen LogP contribution in [-0.2, 0) is 11.3 Å². The fourth-order valence-electron chi connectivity index (χ4n) is 1.42. The summed E-state index contributed by atoms with van der Waals surface area (Å²) in [7, 11) is 1.71. The van der Waals surface area contributed by atoms with Gasteiger partial charge in [0, 0.05) is 45.7 Å². The highest BCUT2D eigenvalue weighted by Crippen LogP contribution is 2.01. The molecular weight excluding hydrogens is 190 g/mol. The third-order valence-corrected chi connectivity index (χ3v) is 2.19. The maximum atomic E-state index is 5.56. The van der Waals surface area contributed by atoms with Crippen LogP contribution in [0.4, 0.5) is 0 Å². The first kappa shape index (κ1) is 12.1. The molecule has 0 saturated heterocycles. The lowest BCUT2D eigenvalue weighted by atomic mass is 10.2. The highest BCUT2D eigenvalue weighted by Gasteiger charge is 2.04. The largest absolute Gasteiger partial charge is 0.383 e. The second-order valence-corrected chi connectivity index (χ2v) is 3.42. The lowest BCUT2D eigenvalue weighted by Crippen LogP contribution is -2.31. The van der Waals surface area contributed by atoms with Crippen LogP contribution in [0.25, 0.3) is 0 Å². The van der Waals surface area contributed by atoms with Crippen LogP contribution in [0.1, 0.15) is 5.56 Å². The van der Waals surface area contributed by atoms with Crippen LogP contribution in [0.15, 0.2) is 24.5 Å². The molecule has 0 bridgehead atoms. The molecule has 4 nitrogen and oxygen atoms in total. The molecule has 0 atom stereocenters. The van der Waals surface area contributed by atoms with E-state index in [1.165, 1.54) is 5.56 Å². The standard InChI is InChI=1S/C11H19N3O/c1-15-8-7-14(6-4-12)10-11-3-2-5-13-9-11/h2-3,5,9H,4,6-8,10,12H2,1H3. The summed E-state index contributed by atoms with van der Waals surface area (Å²) < 4.78 is 5.06. The molecule has 0 aliphatic carbocycles. The average Bonchev–Trinajstić information content (AvgIpc) is 2.28. The van der Waals surface area contributed by atoms with Crippen molar-refractivity contribution in [1.82, 2.24) is 9.88 Å². The van der Waals surface area contributed by atoms with Gasteiger partial charge in [-0.2, -0.15) is 0 Å². The Kier molecular flexibility index (Phi) is 5.92. The number of nitrogens with zero attached hydrogens (tertiary/aromatic N) is 2. The van der Waals surface area contributed by atoms with Gasteiger partial charge in [-0.05, 0) is 11.6 Å². The quantitative estimate of drug-likeness (QED) is 0.710. The van der Waals surface area contributed by atoms with Crippen LogP contribution >= 0.6 is 0 Å². The Morgan fingerprint density at radius 1 is 1.47 bits per heavy atom. The molecule has 4 heteroatoms. The Bertz CT molecular complexity index is 253. The van der Waals surface area contributed by atoms with Gasteiger partial charge < -0.3 is 10.5 Å². The zero-order chi connectivity index (χ0) is 10.9. The van der Waals surface area contributed by atoms with E-state index in [1.807, 2.05) is 12.3 Å². The molecule has 0 spiro atoms. The van der Waals surface area contributed by atoms with Crippen LogP contribution < -0.4 is 5.73 Å². The maximum Gasteiger partial charge on any atom is 0.0589 e. The Hall–Kier alpha value is -0.970. The van der Waals surface area contributed by atoms with E-state index >= 15 is 0 Å². The summed E-state index contributed by atoms with van der Waals surface area (Å²) in [5.74, 6) is 0. The minimum Gasteiger partial charge on any atom is -0.383 e. The molecule has 0 amide bonds. The van der Waals surface area contributed by atoms with Crippen molar-refractivity contribution in [1.29, 1.82) is 0 Å². The predicted molar refractivity (Wildman–Crippen MR) is 60.4 cm³/mol. The van der Waals surface area contributed by atoms with Crippen molar-refractivity contribution >= 4 is 0 Å². The molecule has 84 valence electrons. The fraction of sp³-hybridized carbons (Fsp3) is 0.545. The molecule has 2 N–H and O–H groups in total. The molecule has 15 heavy (non-hydrogen) atoms. The molecule has 0 unspecified atom stereocenters. The first-order valence-electron chi connectivity index (χ1n) is 5.17. The zero-order valence-electron chi connectivity index (χ0n) is 9.22. The van der Waals surface area contributed by atoms with Gasteiger partial charge in [-0.3, -0.25) is 9.88 Å². The topological polar surface area (TPSA) is 51.4 Å². The van der Waals surface area contributed by atoms with Gasteiger partial charge in [0.05, 0.1) is 6.61 Å². The highest BCUT2D eigenvalue weighted by molar-refractivity contribution is 5.08. The van der Waals surface area contributed by atoms with Crippen molar-refractivity contribution in [2.24, 2.45) is 5.73 Å². The third kappa shape index (κ3) is 4.88. The van der Waals surface area contributed by atoms with Crippen LogP contribution in [0.2, 0.25) is 0 Å². The third-order valence-electron chi connectivity index (χ3n) is 2.19. The smallest absolute Gasteiger partial charge is 0.0589 e. The number of aromatic nitrogens is 1. The Morgan fingerprint density at radius 3 is 2.93 bits per heavy atom. The second kappa shape index (κ2) is 7.34. The van der Waals surface area contributed by atoms with Gasteiger partial charge in [0.15, 0.2) is 0 Å². The molecular formula is C11H19N3O.